The van der Waals surface area contributed by atoms with Crippen molar-refractivity contribution in [3.8, 4) is 0 Å². The minimum Gasteiger partial charge on any atom is -0.444 e. The van der Waals surface area contributed by atoms with Gasteiger partial charge in [-0.15, -0.1) is 0 Å². The molecular weight excluding hydrogens is 304 g/mol. The van der Waals surface area contributed by atoms with E-state index in [1.54, 1.807) is 4.90 Å². The first-order valence-electron chi connectivity index (χ1n) is 8.64. The fourth-order valence-corrected chi connectivity index (χ4v) is 3.70. The van der Waals surface area contributed by atoms with Crippen LogP contribution in [0.15, 0.2) is 30.3 Å². The van der Waals surface area contributed by atoms with E-state index in [0.29, 0.717) is 19.5 Å². The molecule has 130 valence electrons. The highest BCUT2D eigenvalue weighted by Crippen LogP contribution is 2.35. The molecule has 2 heterocycles. The number of ether oxygens (including phenoxy) is 1. The van der Waals surface area contributed by atoms with Crippen molar-refractivity contribution in [1.82, 2.24) is 10.2 Å². The average Bonchev–Trinajstić information content (AvgIpc) is 2.86. The van der Waals surface area contributed by atoms with E-state index in [-0.39, 0.29) is 29.8 Å². The summed E-state index contributed by atoms with van der Waals surface area (Å²) in [5.74, 6) is 0.354. The van der Waals surface area contributed by atoms with Crippen LogP contribution < -0.4 is 5.32 Å². The summed E-state index contributed by atoms with van der Waals surface area (Å²) < 4.78 is 5.48. The molecule has 0 saturated carbocycles. The second-order valence-electron chi connectivity index (χ2n) is 7.70. The Morgan fingerprint density at radius 2 is 1.96 bits per heavy atom. The Kier molecular flexibility index (Phi) is 4.63. The summed E-state index contributed by atoms with van der Waals surface area (Å²) in [6.07, 6.45) is 0.0618. The van der Waals surface area contributed by atoms with Crippen LogP contribution in [0.4, 0.5) is 4.79 Å². The Labute approximate surface area is 143 Å². The number of rotatable bonds is 1. The van der Waals surface area contributed by atoms with Gasteiger partial charge in [-0.25, -0.2) is 4.79 Å². The van der Waals surface area contributed by atoms with Crippen LogP contribution in [0.2, 0.25) is 0 Å². The molecule has 2 saturated heterocycles. The first-order valence-corrected chi connectivity index (χ1v) is 8.64. The van der Waals surface area contributed by atoms with Crippen molar-refractivity contribution in [1.29, 1.82) is 0 Å². The van der Waals surface area contributed by atoms with Gasteiger partial charge in [0.2, 0.25) is 0 Å². The molecule has 0 spiro atoms. The van der Waals surface area contributed by atoms with Gasteiger partial charge in [0, 0.05) is 43.9 Å². The third-order valence-electron chi connectivity index (χ3n) is 4.76. The number of hydrogen-bond donors (Lipinski definition) is 1. The van der Waals surface area contributed by atoms with Gasteiger partial charge < -0.3 is 15.0 Å². The highest BCUT2D eigenvalue weighted by atomic mass is 16.6. The third kappa shape index (κ3) is 3.61. The van der Waals surface area contributed by atoms with Crippen LogP contribution in [-0.2, 0) is 9.53 Å². The lowest BCUT2D eigenvalue weighted by Crippen LogP contribution is -2.44. The van der Waals surface area contributed by atoms with E-state index >= 15 is 0 Å². The number of carbonyl (C=O) groups excluding carboxylic acids is 2. The lowest BCUT2D eigenvalue weighted by molar-refractivity contribution is -0.122. The quantitative estimate of drug-likeness (QED) is 0.860. The number of ketones is 1. The van der Waals surface area contributed by atoms with Crippen molar-refractivity contribution < 1.29 is 14.3 Å². The number of likely N-dealkylation sites (tertiary alicyclic amines) is 1. The molecule has 1 amide bonds. The fraction of sp³-hybridized carbons (Fsp3) is 0.579. The molecule has 5 nitrogen and oxygen atoms in total. The standard InChI is InChI=1S/C19H26N2O3/c1-19(2,3)24-18(23)21-10-9-16(22)17-14(11-20-15(17)12-21)13-7-5-4-6-8-13/h4-8,14-15,17,20H,9-12H2,1-3H3/t14-,15+,17-/m0/s1. The number of amides is 1. The van der Waals surface area contributed by atoms with Gasteiger partial charge in [0.15, 0.2) is 0 Å². The number of nitrogens with zero attached hydrogens (tertiary/aromatic N) is 1. The smallest absolute Gasteiger partial charge is 0.410 e. The molecule has 2 fully saturated rings. The minimum atomic E-state index is -0.525. The van der Waals surface area contributed by atoms with Gasteiger partial charge in [0.05, 0.1) is 0 Å². The van der Waals surface area contributed by atoms with E-state index in [4.69, 9.17) is 4.74 Å². The zero-order chi connectivity index (χ0) is 17.3. The summed E-state index contributed by atoms with van der Waals surface area (Å²) in [5, 5.41) is 3.45. The molecule has 2 aliphatic heterocycles. The van der Waals surface area contributed by atoms with Crippen LogP contribution in [0.5, 0.6) is 0 Å². The SMILES string of the molecule is CC(C)(C)OC(=O)N1CCC(=O)[C@@H]2[C@@H](C1)NC[C@H]2c1ccccc1. The molecule has 3 atom stereocenters. The monoisotopic (exact) mass is 330 g/mol. The van der Waals surface area contributed by atoms with Crippen molar-refractivity contribution in [2.45, 2.75) is 44.8 Å². The summed E-state index contributed by atoms with van der Waals surface area (Å²) in [6.45, 7) is 7.30. The van der Waals surface area contributed by atoms with Crippen LogP contribution in [0.3, 0.4) is 0 Å². The zero-order valence-corrected chi connectivity index (χ0v) is 14.6. The summed E-state index contributed by atoms with van der Waals surface area (Å²) in [5.41, 5.74) is 0.666. The molecule has 1 N–H and O–H groups in total. The third-order valence-corrected chi connectivity index (χ3v) is 4.76. The predicted molar refractivity (Wildman–Crippen MR) is 91.9 cm³/mol. The van der Waals surface area contributed by atoms with E-state index in [1.807, 2.05) is 39.0 Å². The Hall–Kier alpha value is -1.88. The van der Waals surface area contributed by atoms with Gasteiger partial charge in [-0.1, -0.05) is 30.3 Å². The number of Topliss-reactive ketones (excluding diaryl/α,β-unsaturated/α-hetero) is 1. The number of carbonyl (C=O) groups is 2. The Balaban J connectivity index is 1.76. The summed E-state index contributed by atoms with van der Waals surface area (Å²) in [6, 6.07) is 10.2. The molecule has 3 rings (SSSR count). The van der Waals surface area contributed by atoms with E-state index < -0.39 is 5.60 Å². The Morgan fingerprint density at radius 3 is 2.62 bits per heavy atom. The fourth-order valence-electron chi connectivity index (χ4n) is 3.70. The molecule has 1 aromatic rings. The average molecular weight is 330 g/mol. The van der Waals surface area contributed by atoms with Crippen LogP contribution >= 0.6 is 0 Å². The largest absolute Gasteiger partial charge is 0.444 e. The summed E-state index contributed by atoms with van der Waals surface area (Å²) in [7, 11) is 0. The molecule has 0 radical (unpaired) electrons. The van der Waals surface area contributed by atoms with Gasteiger partial charge in [0.25, 0.3) is 0 Å². The molecule has 0 aromatic heterocycles. The van der Waals surface area contributed by atoms with Crippen LogP contribution in [0.25, 0.3) is 0 Å². The first kappa shape index (κ1) is 17.0. The van der Waals surface area contributed by atoms with Crippen LogP contribution in [0, 0.1) is 5.92 Å². The van der Waals surface area contributed by atoms with Crippen molar-refractivity contribution in [3.63, 3.8) is 0 Å². The molecule has 0 bridgehead atoms. The highest BCUT2D eigenvalue weighted by molar-refractivity contribution is 5.84. The van der Waals surface area contributed by atoms with Crippen molar-refractivity contribution >= 4 is 11.9 Å². The van der Waals surface area contributed by atoms with Gasteiger partial charge in [-0.2, -0.15) is 0 Å². The van der Waals surface area contributed by atoms with Crippen molar-refractivity contribution in [2.24, 2.45) is 5.92 Å². The van der Waals surface area contributed by atoms with E-state index in [9.17, 15) is 9.59 Å². The van der Waals surface area contributed by atoms with Gasteiger partial charge in [-0.3, -0.25) is 4.79 Å². The second kappa shape index (κ2) is 6.55. The second-order valence-corrected chi connectivity index (χ2v) is 7.70. The van der Waals surface area contributed by atoms with Crippen LogP contribution in [0.1, 0.15) is 38.7 Å². The first-order chi connectivity index (χ1) is 11.3. The molecular formula is C19H26N2O3. The maximum absolute atomic E-state index is 12.7. The van der Waals surface area contributed by atoms with Crippen LogP contribution in [-0.4, -0.2) is 48.1 Å². The molecule has 24 heavy (non-hydrogen) atoms. The summed E-state index contributed by atoms with van der Waals surface area (Å²) in [4.78, 5) is 26.8. The van der Waals surface area contributed by atoms with Gasteiger partial charge >= 0.3 is 6.09 Å². The predicted octanol–water partition coefficient (Wildman–Crippen LogP) is 2.57. The zero-order valence-electron chi connectivity index (χ0n) is 14.6. The highest BCUT2D eigenvalue weighted by Gasteiger charge is 2.44. The minimum absolute atomic E-state index is 0.00211. The van der Waals surface area contributed by atoms with Gasteiger partial charge in [-0.05, 0) is 26.3 Å². The molecule has 2 aliphatic rings. The number of benzene rings is 1. The molecule has 5 heteroatoms. The lowest BCUT2D eigenvalue weighted by atomic mass is 9.82. The maximum Gasteiger partial charge on any atom is 0.410 e. The van der Waals surface area contributed by atoms with Crippen molar-refractivity contribution in [3.05, 3.63) is 35.9 Å². The molecule has 0 unspecified atom stereocenters. The Morgan fingerprint density at radius 1 is 1.25 bits per heavy atom. The number of fused-ring (bicyclic) bond motifs is 1. The van der Waals surface area contributed by atoms with E-state index in [2.05, 4.69) is 17.4 Å². The maximum atomic E-state index is 12.7. The number of nitrogens with one attached hydrogen (secondary N) is 1. The normalized spacial score (nSPS) is 27.5. The van der Waals surface area contributed by atoms with Gasteiger partial charge in [0.1, 0.15) is 11.4 Å². The molecule has 1 aromatic carbocycles. The Bertz CT molecular complexity index is 609. The summed E-state index contributed by atoms with van der Waals surface area (Å²) >= 11 is 0. The van der Waals surface area contributed by atoms with E-state index in [1.165, 1.54) is 5.56 Å². The lowest BCUT2D eigenvalue weighted by Gasteiger charge is -2.28. The molecule has 0 aliphatic carbocycles. The number of hydrogen-bond acceptors (Lipinski definition) is 4. The van der Waals surface area contributed by atoms with Crippen molar-refractivity contribution in [2.75, 3.05) is 19.6 Å². The van der Waals surface area contributed by atoms with E-state index in [0.717, 1.165) is 6.54 Å². The topological polar surface area (TPSA) is 58.6 Å².